The van der Waals surface area contributed by atoms with Gasteiger partial charge in [-0.2, -0.15) is 4.31 Å². The molecule has 1 rings (SSSR count). The second-order valence-corrected chi connectivity index (χ2v) is 5.94. The molecule has 0 saturated carbocycles. The Balaban J connectivity index is 3.35. The van der Waals surface area contributed by atoms with Crippen molar-refractivity contribution in [1.29, 1.82) is 0 Å². The van der Waals surface area contributed by atoms with Gasteiger partial charge in [0.25, 0.3) is 6.43 Å². The van der Waals surface area contributed by atoms with Crippen molar-refractivity contribution in [3.8, 4) is 0 Å². The maximum atomic E-state index is 12.3. The molecule has 6 nitrogen and oxygen atoms in total. The van der Waals surface area contributed by atoms with Gasteiger partial charge in [-0.15, -0.1) is 0 Å². The summed E-state index contributed by atoms with van der Waals surface area (Å²) in [6.45, 7) is -0.979. The minimum Gasteiger partial charge on any atom is -0.465 e. The number of nitrogens with zero attached hydrogens (tertiary/aromatic N) is 1. The van der Waals surface area contributed by atoms with Crippen molar-refractivity contribution in [3.63, 3.8) is 0 Å². The molecule has 2 N–H and O–H groups in total. The Morgan fingerprint density at radius 1 is 1.45 bits per heavy atom. The van der Waals surface area contributed by atoms with Crippen molar-refractivity contribution in [2.45, 2.75) is 11.3 Å². The van der Waals surface area contributed by atoms with Gasteiger partial charge >= 0.3 is 5.97 Å². The summed E-state index contributed by atoms with van der Waals surface area (Å²) in [4.78, 5) is 11.1. The summed E-state index contributed by atoms with van der Waals surface area (Å²) in [5.74, 6) is -0.915. The first-order valence-electron chi connectivity index (χ1n) is 5.42. The van der Waals surface area contributed by atoms with Crippen molar-refractivity contribution in [2.24, 2.45) is 0 Å². The summed E-state index contributed by atoms with van der Waals surface area (Å²) in [5, 5.41) is 0. The van der Waals surface area contributed by atoms with Crippen molar-refractivity contribution in [1.82, 2.24) is 4.31 Å². The lowest BCUT2D eigenvalue weighted by Crippen LogP contribution is -2.32. The Hall–Kier alpha value is -1.74. The number of carbonyl (C=O) groups is 1. The highest BCUT2D eigenvalue weighted by Crippen LogP contribution is 2.23. The molecule has 0 amide bonds. The van der Waals surface area contributed by atoms with Gasteiger partial charge in [0.05, 0.1) is 24.1 Å². The van der Waals surface area contributed by atoms with Crippen LogP contribution in [0.1, 0.15) is 10.4 Å². The third kappa shape index (κ3) is 3.42. The van der Waals surface area contributed by atoms with E-state index in [1.165, 1.54) is 6.07 Å². The zero-order valence-electron chi connectivity index (χ0n) is 10.8. The van der Waals surface area contributed by atoms with Gasteiger partial charge < -0.3 is 10.5 Å². The van der Waals surface area contributed by atoms with E-state index >= 15 is 0 Å². The number of alkyl halides is 2. The molecule has 9 heteroatoms. The van der Waals surface area contributed by atoms with Gasteiger partial charge in [-0.1, -0.05) is 0 Å². The number of methoxy groups -OCH3 is 1. The smallest absolute Gasteiger partial charge is 0.339 e. The molecular weight excluding hydrogens is 294 g/mol. The first-order valence-corrected chi connectivity index (χ1v) is 6.86. The van der Waals surface area contributed by atoms with Crippen LogP contribution in [0.5, 0.6) is 0 Å². The number of hydrogen-bond acceptors (Lipinski definition) is 5. The Labute approximate surface area is 115 Å². The van der Waals surface area contributed by atoms with Gasteiger partial charge in [-0.25, -0.2) is 22.0 Å². The number of nitrogen functional groups attached to an aromatic ring is 1. The molecule has 112 valence electrons. The molecular formula is C11H14F2N2O4S. The Morgan fingerprint density at radius 2 is 2.05 bits per heavy atom. The second-order valence-electron chi connectivity index (χ2n) is 3.92. The number of nitrogens with two attached hydrogens (primary N) is 1. The molecule has 0 aliphatic carbocycles. The summed E-state index contributed by atoms with van der Waals surface area (Å²) in [7, 11) is -2.17. The van der Waals surface area contributed by atoms with Gasteiger partial charge in [0.1, 0.15) is 0 Å². The van der Waals surface area contributed by atoms with E-state index in [2.05, 4.69) is 4.74 Å². The molecule has 0 heterocycles. The summed E-state index contributed by atoms with van der Waals surface area (Å²) in [6, 6.07) is 3.46. The topological polar surface area (TPSA) is 89.7 Å². The molecule has 0 bridgehead atoms. The number of rotatable bonds is 5. The minimum absolute atomic E-state index is 0.154. The molecule has 0 saturated heterocycles. The van der Waals surface area contributed by atoms with Crippen LogP contribution in [0.2, 0.25) is 0 Å². The van der Waals surface area contributed by atoms with Crippen LogP contribution in [0.4, 0.5) is 14.5 Å². The van der Waals surface area contributed by atoms with Gasteiger partial charge in [-0.3, -0.25) is 0 Å². The van der Waals surface area contributed by atoms with E-state index in [0.717, 1.165) is 26.3 Å². The third-order valence-corrected chi connectivity index (χ3v) is 4.37. The van der Waals surface area contributed by atoms with E-state index in [4.69, 9.17) is 5.73 Å². The van der Waals surface area contributed by atoms with Crippen molar-refractivity contribution in [2.75, 3.05) is 26.4 Å². The predicted molar refractivity (Wildman–Crippen MR) is 68.0 cm³/mol. The number of esters is 1. The molecule has 1 aromatic rings. The van der Waals surface area contributed by atoms with Crippen LogP contribution in [-0.4, -0.2) is 45.8 Å². The van der Waals surface area contributed by atoms with Crippen LogP contribution in [0.15, 0.2) is 23.1 Å². The zero-order chi connectivity index (χ0) is 15.5. The number of hydrogen-bond donors (Lipinski definition) is 1. The highest BCUT2D eigenvalue weighted by molar-refractivity contribution is 7.89. The van der Waals surface area contributed by atoms with Crippen molar-refractivity contribution >= 4 is 21.7 Å². The number of benzene rings is 1. The molecule has 1 aromatic carbocycles. The van der Waals surface area contributed by atoms with Gasteiger partial charge in [-0.05, 0) is 18.2 Å². The minimum atomic E-state index is -4.24. The molecule has 0 aliphatic heterocycles. The number of ether oxygens (including phenoxy) is 1. The number of halogens is 2. The predicted octanol–water partition coefficient (Wildman–Crippen LogP) is 0.941. The van der Waals surface area contributed by atoms with Gasteiger partial charge in [0.15, 0.2) is 0 Å². The van der Waals surface area contributed by atoms with E-state index in [1.54, 1.807) is 0 Å². The second kappa shape index (κ2) is 6.14. The Bertz CT molecular complexity index is 604. The van der Waals surface area contributed by atoms with Crippen LogP contribution < -0.4 is 5.73 Å². The summed E-state index contributed by atoms with van der Waals surface area (Å²) in [5.41, 5.74) is 5.34. The maximum Gasteiger partial charge on any atom is 0.339 e. The van der Waals surface area contributed by atoms with Crippen molar-refractivity contribution in [3.05, 3.63) is 23.8 Å². The molecule has 20 heavy (non-hydrogen) atoms. The molecule has 0 fully saturated rings. The zero-order valence-corrected chi connectivity index (χ0v) is 11.7. The Morgan fingerprint density at radius 3 is 2.55 bits per heavy atom. The molecule has 0 aliphatic rings. The fourth-order valence-electron chi connectivity index (χ4n) is 1.50. The van der Waals surface area contributed by atoms with E-state index in [-0.39, 0.29) is 11.3 Å². The molecule has 0 unspecified atom stereocenters. The van der Waals surface area contributed by atoms with Crippen LogP contribution in [0, 0.1) is 0 Å². The van der Waals surface area contributed by atoms with Crippen LogP contribution in [-0.2, 0) is 14.8 Å². The lowest BCUT2D eigenvalue weighted by atomic mass is 10.2. The summed E-state index contributed by atoms with van der Waals surface area (Å²) >= 11 is 0. The number of anilines is 1. The van der Waals surface area contributed by atoms with E-state index in [1.807, 2.05) is 0 Å². The van der Waals surface area contributed by atoms with Gasteiger partial charge in [0.2, 0.25) is 10.0 Å². The lowest BCUT2D eigenvalue weighted by Gasteiger charge is -2.18. The SMILES string of the molecule is COC(=O)c1cc(N)ccc1S(=O)(=O)N(C)CC(F)F. The maximum absolute atomic E-state index is 12.3. The van der Waals surface area contributed by atoms with E-state index in [0.29, 0.717) is 4.31 Å². The first-order chi connectivity index (χ1) is 9.20. The molecule has 0 aromatic heterocycles. The van der Waals surface area contributed by atoms with Crippen LogP contribution >= 0.6 is 0 Å². The van der Waals surface area contributed by atoms with Crippen LogP contribution in [0.3, 0.4) is 0 Å². The monoisotopic (exact) mass is 308 g/mol. The lowest BCUT2D eigenvalue weighted by molar-refractivity contribution is 0.0596. The van der Waals surface area contributed by atoms with Crippen LogP contribution in [0.25, 0.3) is 0 Å². The average molecular weight is 308 g/mol. The quantitative estimate of drug-likeness (QED) is 0.646. The van der Waals surface area contributed by atoms with Gasteiger partial charge in [0, 0.05) is 12.7 Å². The standard InChI is InChI=1S/C11H14F2N2O4S/c1-15(6-10(12)13)20(17,18)9-4-3-7(14)5-8(9)11(16)19-2/h3-5,10H,6,14H2,1-2H3. The summed E-state index contributed by atoms with van der Waals surface area (Å²) in [6.07, 6.45) is -2.83. The van der Waals surface area contributed by atoms with Crippen molar-refractivity contribution < 1.29 is 26.7 Å². The Kier molecular flexibility index (Phi) is 5.01. The fraction of sp³-hybridized carbons (Fsp3) is 0.364. The third-order valence-electron chi connectivity index (χ3n) is 2.49. The average Bonchev–Trinajstić information content (AvgIpc) is 2.36. The highest BCUT2D eigenvalue weighted by atomic mass is 32.2. The largest absolute Gasteiger partial charge is 0.465 e. The van der Waals surface area contributed by atoms with E-state index < -0.39 is 33.9 Å². The number of sulfonamides is 1. The first kappa shape index (κ1) is 16.3. The molecule has 0 atom stereocenters. The fourth-order valence-corrected chi connectivity index (χ4v) is 2.81. The number of carbonyl (C=O) groups excluding carboxylic acids is 1. The normalized spacial score (nSPS) is 11.9. The molecule has 0 spiro atoms. The molecule has 0 radical (unpaired) electrons. The van der Waals surface area contributed by atoms with E-state index in [9.17, 15) is 22.0 Å². The summed E-state index contributed by atoms with van der Waals surface area (Å²) < 4.78 is 53.9. The highest BCUT2D eigenvalue weighted by Gasteiger charge is 2.28.